The molecule has 2 amide bonds. The molecule has 0 atom stereocenters. The minimum atomic E-state index is -0.712. The van der Waals surface area contributed by atoms with Gasteiger partial charge in [-0.3, -0.25) is 0 Å². The van der Waals surface area contributed by atoms with Crippen molar-refractivity contribution in [2.24, 2.45) is 10.8 Å². The van der Waals surface area contributed by atoms with E-state index in [-0.39, 0.29) is 0 Å². The predicted molar refractivity (Wildman–Crippen MR) is 82.2 cm³/mol. The van der Waals surface area contributed by atoms with Crippen LogP contribution in [-0.2, 0) is 6.61 Å². The van der Waals surface area contributed by atoms with E-state index in [1.807, 2.05) is 12.1 Å². The van der Waals surface area contributed by atoms with Gasteiger partial charge in [0, 0.05) is 0 Å². The molecule has 0 heterocycles. The molecule has 0 aliphatic carbocycles. The third kappa shape index (κ3) is 4.65. The second-order valence-electron chi connectivity index (χ2n) is 4.40. The first-order chi connectivity index (χ1) is 10.7. The lowest BCUT2D eigenvalue weighted by Crippen LogP contribution is -2.24. The van der Waals surface area contributed by atoms with Crippen molar-refractivity contribution in [2.75, 3.05) is 0 Å². The summed E-state index contributed by atoms with van der Waals surface area (Å²) < 4.78 is 5.65. The number of nitrogens with two attached hydrogens (primary N) is 1. The maximum atomic E-state index is 10.5. The molecule has 0 unspecified atom stereocenters. The number of nitrogens with zero attached hydrogens (tertiary/aromatic N) is 2. The van der Waals surface area contributed by atoms with Crippen LogP contribution in [0.4, 0.5) is 4.79 Å². The summed E-state index contributed by atoms with van der Waals surface area (Å²) >= 11 is 0. The summed E-state index contributed by atoms with van der Waals surface area (Å²) in [6, 6.07) is 15.8. The van der Waals surface area contributed by atoms with Crippen LogP contribution < -0.4 is 15.9 Å². The van der Waals surface area contributed by atoms with E-state index in [0.29, 0.717) is 17.9 Å². The Hall–Kier alpha value is -3.33. The average Bonchev–Trinajstić information content (AvgIpc) is 2.54. The summed E-state index contributed by atoms with van der Waals surface area (Å²) in [5.41, 5.74) is 9.34. The highest BCUT2D eigenvalue weighted by molar-refractivity contribution is 5.81. The number of hydrazone groups is 1. The molecule has 2 rings (SSSR count). The molecule has 2 aromatic carbocycles. The maximum absolute atomic E-state index is 10.5. The number of benzene rings is 2. The molecule has 0 radical (unpaired) electrons. The van der Waals surface area contributed by atoms with Gasteiger partial charge < -0.3 is 10.5 Å². The van der Waals surface area contributed by atoms with Crippen LogP contribution >= 0.6 is 0 Å². The molecular weight excluding hydrogens is 280 g/mol. The molecule has 0 saturated heterocycles. The van der Waals surface area contributed by atoms with Gasteiger partial charge in [0.1, 0.15) is 12.4 Å². The Morgan fingerprint density at radius 3 is 2.77 bits per heavy atom. The Balaban J connectivity index is 1.92. The number of rotatable bonds is 5. The zero-order valence-electron chi connectivity index (χ0n) is 11.7. The number of hydrogen-bond donors (Lipinski definition) is 2. The number of nitriles is 1. The van der Waals surface area contributed by atoms with Crippen LogP contribution in [0.5, 0.6) is 5.75 Å². The molecule has 0 saturated carbocycles. The number of ether oxygens (including phenoxy) is 1. The number of amides is 2. The molecule has 0 aliphatic heterocycles. The Bertz CT molecular complexity index is 718. The van der Waals surface area contributed by atoms with Gasteiger partial charge in [0.2, 0.25) is 0 Å². The highest BCUT2D eigenvalue weighted by atomic mass is 16.5. The normalized spacial score (nSPS) is 10.1. The first kappa shape index (κ1) is 15.1. The fourth-order valence-electron chi connectivity index (χ4n) is 1.72. The summed E-state index contributed by atoms with van der Waals surface area (Å²) in [5.74, 6) is 0.697. The molecule has 0 bridgehead atoms. The minimum Gasteiger partial charge on any atom is -0.489 e. The van der Waals surface area contributed by atoms with Crippen molar-refractivity contribution in [3.8, 4) is 11.8 Å². The first-order valence-electron chi connectivity index (χ1n) is 6.48. The van der Waals surface area contributed by atoms with Crippen LogP contribution in [0, 0.1) is 11.3 Å². The largest absolute Gasteiger partial charge is 0.489 e. The summed E-state index contributed by atoms with van der Waals surface area (Å²) in [5, 5.41) is 12.5. The van der Waals surface area contributed by atoms with Gasteiger partial charge in [-0.15, -0.1) is 0 Å². The summed E-state index contributed by atoms with van der Waals surface area (Å²) in [4.78, 5) is 10.5. The first-order valence-corrected chi connectivity index (χ1v) is 6.48. The smallest absolute Gasteiger partial charge is 0.332 e. The Kier molecular flexibility index (Phi) is 5.10. The van der Waals surface area contributed by atoms with E-state index < -0.39 is 6.03 Å². The van der Waals surface area contributed by atoms with E-state index >= 15 is 0 Å². The third-order valence-corrected chi connectivity index (χ3v) is 2.73. The average molecular weight is 294 g/mol. The second-order valence-corrected chi connectivity index (χ2v) is 4.40. The minimum absolute atomic E-state index is 0.381. The van der Waals surface area contributed by atoms with Crippen LogP contribution in [0.15, 0.2) is 53.6 Å². The maximum Gasteiger partial charge on any atom is 0.332 e. The van der Waals surface area contributed by atoms with E-state index in [0.717, 1.165) is 11.1 Å². The summed E-state index contributed by atoms with van der Waals surface area (Å²) in [6.45, 7) is 0.381. The highest BCUT2D eigenvalue weighted by Gasteiger charge is 1.98. The molecule has 22 heavy (non-hydrogen) atoms. The quantitative estimate of drug-likeness (QED) is 0.652. The van der Waals surface area contributed by atoms with Crippen molar-refractivity contribution in [1.29, 1.82) is 5.26 Å². The van der Waals surface area contributed by atoms with Gasteiger partial charge in [-0.1, -0.05) is 12.1 Å². The molecule has 3 N–H and O–H groups in total. The Morgan fingerprint density at radius 1 is 1.32 bits per heavy atom. The van der Waals surface area contributed by atoms with Crippen LogP contribution in [-0.4, -0.2) is 12.2 Å². The number of urea groups is 1. The van der Waals surface area contributed by atoms with Gasteiger partial charge in [0.15, 0.2) is 0 Å². The molecular formula is C16H14N4O2. The number of nitrogens with one attached hydrogen (secondary N) is 1. The highest BCUT2D eigenvalue weighted by Crippen LogP contribution is 2.14. The van der Waals surface area contributed by atoms with Crippen molar-refractivity contribution in [2.45, 2.75) is 6.61 Å². The monoisotopic (exact) mass is 294 g/mol. The fourth-order valence-corrected chi connectivity index (χ4v) is 1.72. The Morgan fingerprint density at radius 2 is 2.09 bits per heavy atom. The van der Waals surface area contributed by atoms with Gasteiger partial charge in [-0.2, -0.15) is 10.4 Å². The van der Waals surface area contributed by atoms with E-state index in [1.54, 1.807) is 36.4 Å². The molecule has 0 aromatic heterocycles. The number of carbonyl (C=O) groups is 1. The molecule has 6 nitrogen and oxygen atoms in total. The fraction of sp³-hybridized carbons (Fsp3) is 0.0625. The van der Waals surface area contributed by atoms with Crippen LogP contribution in [0.1, 0.15) is 16.7 Å². The molecule has 110 valence electrons. The predicted octanol–water partition coefficient (Wildman–Crippen LogP) is 2.14. The van der Waals surface area contributed by atoms with Gasteiger partial charge in [0.05, 0.1) is 17.8 Å². The van der Waals surface area contributed by atoms with Crippen LogP contribution in [0.25, 0.3) is 0 Å². The number of carbonyl (C=O) groups excluding carboxylic acids is 1. The molecule has 0 fully saturated rings. The van der Waals surface area contributed by atoms with Gasteiger partial charge in [0.25, 0.3) is 0 Å². The van der Waals surface area contributed by atoms with Gasteiger partial charge in [-0.25, -0.2) is 10.2 Å². The second kappa shape index (κ2) is 7.45. The zero-order valence-corrected chi connectivity index (χ0v) is 11.7. The van der Waals surface area contributed by atoms with Crippen LogP contribution in [0.3, 0.4) is 0 Å². The topological polar surface area (TPSA) is 100 Å². The summed E-state index contributed by atoms with van der Waals surface area (Å²) in [6.07, 6.45) is 1.48. The molecule has 2 aromatic rings. The van der Waals surface area contributed by atoms with E-state index in [9.17, 15) is 4.79 Å². The van der Waals surface area contributed by atoms with Crippen molar-refractivity contribution >= 4 is 12.2 Å². The molecule has 0 spiro atoms. The third-order valence-electron chi connectivity index (χ3n) is 2.73. The molecule has 0 aliphatic rings. The van der Waals surface area contributed by atoms with Crippen LogP contribution in [0.2, 0.25) is 0 Å². The zero-order chi connectivity index (χ0) is 15.8. The SMILES string of the molecule is N#Cc1cccc(COc2ccc(C=NNC(N)=O)cc2)c1. The van der Waals surface area contributed by atoms with Crippen molar-refractivity contribution in [3.63, 3.8) is 0 Å². The van der Waals surface area contributed by atoms with Crippen molar-refractivity contribution in [3.05, 3.63) is 65.2 Å². The van der Waals surface area contributed by atoms with Crippen molar-refractivity contribution < 1.29 is 9.53 Å². The van der Waals surface area contributed by atoms with E-state index in [2.05, 4.69) is 16.6 Å². The number of hydrogen-bond acceptors (Lipinski definition) is 4. The van der Waals surface area contributed by atoms with E-state index in [1.165, 1.54) is 6.21 Å². The van der Waals surface area contributed by atoms with Gasteiger partial charge >= 0.3 is 6.03 Å². The van der Waals surface area contributed by atoms with E-state index in [4.69, 9.17) is 15.7 Å². The lowest BCUT2D eigenvalue weighted by Gasteiger charge is -2.06. The number of primary amides is 1. The lowest BCUT2D eigenvalue weighted by atomic mass is 10.1. The summed E-state index contributed by atoms with van der Waals surface area (Å²) in [7, 11) is 0. The van der Waals surface area contributed by atoms with Gasteiger partial charge in [-0.05, 0) is 47.5 Å². The molecule has 6 heteroatoms. The lowest BCUT2D eigenvalue weighted by molar-refractivity contribution is 0.249. The van der Waals surface area contributed by atoms with Crippen molar-refractivity contribution in [1.82, 2.24) is 5.43 Å². The Labute approximate surface area is 127 Å². The standard InChI is InChI=1S/C16H14N4O2/c17-9-13-2-1-3-14(8-13)11-22-15-6-4-12(5-7-15)10-19-20-16(18)21/h1-8,10H,11H2,(H3,18,20,21).